The predicted octanol–water partition coefficient (Wildman–Crippen LogP) is 2.91. The molecule has 126 valence electrons. The third kappa shape index (κ3) is 4.95. The van der Waals surface area contributed by atoms with Crippen LogP contribution >= 0.6 is 0 Å². The molecular formula is C19H22N2O3. The normalized spacial score (nSPS) is 17.5. The van der Waals surface area contributed by atoms with Crippen LogP contribution in [0.15, 0.2) is 30.3 Å². The van der Waals surface area contributed by atoms with Crippen LogP contribution < -0.4 is 0 Å². The minimum Gasteiger partial charge on any atom is -0.452 e. The minimum atomic E-state index is -0.544. The third-order valence-electron chi connectivity index (χ3n) is 4.21. The molecule has 0 spiro atoms. The van der Waals surface area contributed by atoms with Gasteiger partial charge in [0, 0.05) is 18.7 Å². The maximum Gasteiger partial charge on any atom is 0.331 e. The van der Waals surface area contributed by atoms with Gasteiger partial charge in [0.2, 0.25) is 0 Å². The van der Waals surface area contributed by atoms with Crippen LogP contribution in [0.5, 0.6) is 0 Å². The Morgan fingerprint density at radius 3 is 2.75 bits per heavy atom. The topological polar surface area (TPSA) is 70.4 Å². The lowest BCUT2D eigenvalue weighted by Gasteiger charge is -2.35. The summed E-state index contributed by atoms with van der Waals surface area (Å²) in [6, 6.07) is 9.14. The molecule has 1 heterocycles. The lowest BCUT2D eigenvalue weighted by Crippen LogP contribution is -2.45. The first-order valence-electron chi connectivity index (χ1n) is 8.28. The van der Waals surface area contributed by atoms with E-state index in [4.69, 9.17) is 10.00 Å². The van der Waals surface area contributed by atoms with E-state index in [1.54, 1.807) is 30.3 Å². The number of carbonyl (C=O) groups is 2. The van der Waals surface area contributed by atoms with E-state index in [0.29, 0.717) is 5.56 Å². The highest BCUT2D eigenvalue weighted by atomic mass is 16.5. The van der Waals surface area contributed by atoms with Crippen molar-refractivity contribution in [3.05, 3.63) is 41.5 Å². The van der Waals surface area contributed by atoms with Crippen molar-refractivity contribution in [2.45, 2.75) is 38.6 Å². The van der Waals surface area contributed by atoms with Crippen LogP contribution in [0.1, 0.15) is 43.7 Å². The number of piperidine rings is 1. The molecule has 1 aliphatic heterocycles. The largest absolute Gasteiger partial charge is 0.452 e. The average molecular weight is 326 g/mol. The molecule has 5 heteroatoms. The summed E-state index contributed by atoms with van der Waals surface area (Å²) in [7, 11) is 0. The number of benzene rings is 1. The van der Waals surface area contributed by atoms with Crippen molar-refractivity contribution in [1.82, 2.24) is 4.90 Å². The molecular weight excluding hydrogens is 304 g/mol. The molecule has 24 heavy (non-hydrogen) atoms. The summed E-state index contributed by atoms with van der Waals surface area (Å²) in [4.78, 5) is 25.8. The summed E-state index contributed by atoms with van der Waals surface area (Å²) in [6.45, 7) is 2.60. The van der Waals surface area contributed by atoms with E-state index in [9.17, 15) is 9.59 Å². The van der Waals surface area contributed by atoms with Gasteiger partial charge in [-0.3, -0.25) is 4.79 Å². The molecule has 0 unspecified atom stereocenters. The van der Waals surface area contributed by atoms with Crippen molar-refractivity contribution < 1.29 is 14.3 Å². The maximum atomic E-state index is 12.2. The third-order valence-corrected chi connectivity index (χ3v) is 4.21. The van der Waals surface area contributed by atoms with Gasteiger partial charge in [-0.25, -0.2) is 4.79 Å². The molecule has 2 rings (SSSR count). The number of esters is 1. The zero-order valence-electron chi connectivity index (χ0n) is 13.9. The Bertz CT molecular complexity index is 644. The smallest absolute Gasteiger partial charge is 0.331 e. The number of nitriles is 1. The molecule has 1 fully saturated rings. The van der Waals surface area contributed by atoms with Crippen molar-refractivity contribution in [3.63, 3.8) is 0 Å². The second-order valence-electron chi connectivity index (χ2n) is 5.82. The number of rotatable bonds is 5. The Kier molecular flexibility index (Phi) is 6.56. The highest BCUT2D eigenvalue weighted by Crippen LogP contribution is 2.19. The van der Waals surface area contributed by atoms with Crippen molar-refractivity contribution in [1.29, 1.82) is 5.26 Å². The second kappa shape index (κ2) is 8.88. The number of nitrogens with zero attached hydrogens (tertiary/aromatic N) is 2. The number of hydrogen-bond acceptors (Lipinski definition) is 4. The van der Waals surface area contributed by atoms with Crippen molar-refractivity contribution in [3.8, 4) is 6.07 Å². The summed E-state index contributed by atoms with van der Waals surface area (Å²) in [5, 5.41) is 8.73. The van der Waals surface area contributed by atoms with Crippen LogP contribution in [0, 0.1) is 11.3 Å². The SMILES string of the molecule is CC[C@@H]1CCCCN1C(=O)COC(=O)/C=C/c1ccc(C#N)cc1. The lowest BCUT2D eigenvalue weighted by molar-refractivity contribution is -0.150. The molecule has 5 nitrogen and oxygen atoms in total. The van der Waals surface area contributed by atoms with E-state index in [2.05, 4.69) is 6.92 Å². The summed E-state index contributed by atoms with van der Waals surface area (Å²) in [5.41, 5.74) is 1.35. The Morgan fingerprint density at radius 2 is 2.08 bits per heavy atom. The predicted molar refractivity (Wildman–Crippen MR) is 90.8 cm³/mol. The zero-order valence-corrected chi connectivity index (χ0v) is 13.9. The van der Waals surface area contributed by atoms with E-state index < -0.39 is 5.97 Å². The Morgan fingerprint density at radius 1 is 1.33 bits per heavy atom. The first kappa shape index (κ1) is 17.7. The zero-order chi connectivity index (χ0) is 17.4. The second-order valence-corrected chi connectivity index (χ2v) is 5.82. The van der Waals surface area contributed by atoms with Crippen LogP contribution in [0.3, 0.4) is 0 Å². The number of likely N-dealkylation sites (tertiary alicyclic amines) is 1. The van der Waals surface area contributed by atoms with E-state index in [0.717, 1.165) is 37.8 Å². The van der Waals surface area contributed by atoms with E-state index in [-0.39, 0.29) is 18.6 Å². The lowest BCUT2D eigenvalue weighted by atomic mass is 10.00. The Hall–Kier alpha value is -2.61. The van der Waals surface area contributed by atoms with Crippen LogP contribution in [0.4, 0.5) is 0 Å². The van der Waals surface area contributed by atoms with Crippen LogP contribution in [0.2, 0.25) is 0 Å². The summed E-state index contributed by atoms with van der Waals surface area (Å²) < 4.78 is 5.05. The molecule has 1 saturated heterocycles. The molecule has 1 aromatic carbocycles. The summed E-state index contributed by atoms with van der Waals surface area (Å²) >= 11 is 0. The molecule has 0 saturated carbocycles. The van der Waals surface area contributed by atoms with Crippen LogP contribution in [-0.2, 0) is 14.3 Å². The molecule has 1 amide bonds. The molecule has 0 N–H and O–H groups in total. The molecule has 1 aliphatic rings. The molecule has 1 aromatic rings. The average Bonchev–Trinajstić information content (AvgIpc) is 2.64. The van der Waals surface area contributed by atoms with Gasteiger partial charge in [-0.15, -0.1) is 0 Å². The van der Waals surface area contributed by atoms with Crippen LogP contribution in [-0.4, -0.2) is 36.0 Å². The first-order chi connectivity index (χ1) is 11.6. The molecule has 0 aliphatic carbocycles. The maximum absolute atomic E-state index is 12.2. The van der Waals surface area contributed by atoms with Crippen LogP contribution in [0.25, 0.3) is 6.08 Å². The quantitative estimate of drug-likeness (QED) is 0.616. The van der Waals surface area contributed by atoms with Gasteiger partial charge in [0.15, 0.2) is 6.61 Å². The number of amides is 1. The highest BCUT2D eigenvalue weighted by molar-refractivity contribution is 5.89. The van der Waals surface area contributed by atoms with Gasteiger partial charge in [0.05, 0.1) is 11.6 Å². The molecule has 0 radical (unpaired) electrons. The Balaban J connectivity index is 1.82. The number of carbonyl (C=O) groups excluding carboxylic acids is 2. The van der Waals surface area contributed by atoms with E-state index in [1.807, 2.05) is 11.0 Å². The number of hydrogen-bond donors (Lipinski definition) is 0. The standard InChI is InChI=1S/C19H22N2O3/c1-2-17-5-3-4-12-21(17)18(22)14-24-19(23)11-10-15-6-8-16(13-20)9-7-15/h6-11,17H,2-5,12,14H2,1H3/b11-10+/t17-/m1/s1. The van der Waals surface area contributed by atoms with Crippen molar-refractivity contribution in [2.75, 3.05) is 13.2 Å². The van der Waals surface area contributed by atoms with Crippen molar-refractivity contribution in [2.24, 2.45) is 0 Å². The monoisotopic (exact) mass is 326 g/mol. The Labute approximate surface area is 142 Å². The molecule has 1 atom stereocenters. The van der Waals surface area contributed by atoms with E-state index >= 15 is 0 Å². The fourth-order valence-electron chi connectivity index (χ4n) is 2.85. The minimum absolute atomic E-state index is 0.123. The van der Waals surface area contributed by atoms with E-state index in [1.165, 1.54) is 6.08 Å². The fraction of sp³-hybridized carbons (Fsp3) is 0.421. The van der Waals surface area contributed by atoms with Gasteiger partial charge in [-0.05, 0) is 49.5 Å². The fourth-order valence-corrected chi connectivity index (χ4v) is 2.85. The van der Waals surface area contributed by atoms with Gasteiger partial charge >= 0.3 is 5.97 Å². The first-order valence-corrected chi connectivity index (χ1v) is 8.28. The van der Waals surface area contributed by atoms with Gasteiger partial charge in [0.25, 0.3) is 5.91 Å². The summed E-state index contributed by atoms with van der Waals surface area (Å²) in [5.74, 6) is -0.667. The van der Waals surface area contributed by atoms with Crippen molar-refractivity contribution >= 4 is 18.0 Å². The summed E-state index contributed by atoms with van der Waals surface area (Å²) in [6.07, 6.45) is 7.00. The highest BCUT2D eigenvalue weighted by Gasteiger charge is 2.25. The van der Waals surface area contributed by atoms with Gasteiger partial charge in [-0.2, -0.15) is 5.26 Å². The molecule has 0 bridgehead atoms. The molecule has 0 aromatic heterocycles. The number of ether oxygens (including phenoxy) is 1. The van der Waals surface area contributed by atoms with Gasteiger partial charge in [-0.1, -0.05) is 19.1 Å². The van der Waals surface area contributed by atoms with Gasteiger partial charge in [0.1, 0.15) is 0 Å². The van der Waals surface area contributed by atoms with Gasteiger partial charge < -0.3 is 9.64 Å².